The Bertz CT molecular complexity index is 577. The highest BCUT2D eigenvalue weighted by Gasteiger charge is 2.18. The van der Waals surface area contributed by atoms with E-state index in [-0.39, 0.29) is 12.4 Å². The van der Waals surface area contributed by atoms with Crippen molar-refractivity contribution in [3.05, 3.63) is 27.2 Å². The molecule has 0 saturated carbocycles. The van der Waals surface area contributed by atoms with Crippen molar-refractivity contribution in [2.75, 3.05) is 31.9 Å². The molecule has 3 rings (SSSR count). The molecular weight excluding hydrogens is 338 g/mol. The van der Waals surface area contributed by atoms with E-state index >= 15 is 0 Å². The van der Waals surface area contributed by atoms with Gasteiger partial charge in [-0.2, -0.15) is 0 Å². The Hall–Kier alpha value is -0.730. The van der Waals surface area contributed by atoms with Crippen molar-refractivity contribution in [2.24, 2.45) is 0 Å². The summed E-state index contributed by atoms with van der Waals surface area (Å²) in [7, 11) is 0. The number of piperazine rings is 1. The number of aromatic nitrogens is 2. The van der Waals surface area contributed by atoms with Crippen LogP contribution in [0.25, 0.3) is 0 Å². The first-order chi connectivity index (χ1) is 10.2. The summed E-state index contributed by atoms with van der Waals surface area (Å²) in [6.07, 6.45) is 2.93. The maximum absolute atomic E-state index is 5.68. The summed E-state index contributed by atoms with van der Waals surface area (Å²) in [6.45, 7) is 8.52. The number of nitrogens with zero attached hydrogens (tertiary/aromatic N) is 4. The summed E-state index contributed by atoms with van der Waals surface area (Å²) in [5, 5.41) is 4.11. The maximum Gasteiger partial charge on any atom is 0.180 e. The van der Waals surface area contributed by atoms with Crippen LogP contribution in [-0.2, 0) is 19.5 Å². The molecular formula is C14H22ClN5S2. The maximum atomic E-state index is 5.68. The lowest BCUT2D eigenvalue weighted by molar-refractivity contribution is 0.122. The first-order valence-corrected chi connectivity index (χ1v) is 9.00. The first kappa shape index (κ1) is 17.6. The molecule has 8 heteroatoms. The number of aryl methyl sites for hydroxylation is 1. The zero-order valence-corrected chi connectivity index (χ0v) is 15.1. The lowest BCUT2D eigenvalue weighted by Crippen LogP contribution is -2.45. The van der Waals surface area contributed by atoms with Gasteiger partial charge in [0.05, 0.1) is 10.7 Å². The van der Waals surface area contributed by atoms with E-state index in [1.165, 1.54) is 15.6 Å². The number of anilines is 1. The average Bonchev–Trinajstić information content (AvgIpc) is 3.10. The van der Waals surface area contributed by atoms with Crippen LogP contribution in [0.5, 0.6) is 0 Å². The monoisotopic (exact) mass is 359 g/mol. The molecule has 0 bridgehead atoms. The van der Waals surface area contributed by atoms with Crippen LogP contribution in [-0.4, -0.2) is 45.9 Å². The van der Waals surface area contributed by atoms with E-state index in [9.17, 15) is 0 Å². The molecule has 5 nitrogen and oxygen atoms in total. The normalized spacial score (nSPS) is 16.6. The second kappa shape index (κ2) is 8.21. The minimum Gasteiger partial charge on any atom is -0.375 e. The Morgan fingerprint density at radius 2 is 1.86 bits per heavy atom. The highest BCUT2D eigenvalue weighted by molar-refractivity contribution is 7.15. The van der Waals surface area contributed by atoms with Gasteiger partial charge in [0.15, 0.2) is 5.13 Å². The van der Waals surface area contributed by atoms with Gasteiger partial charge in [0.1, 0.15) is 0 Å². The fourth-order valence-electron chi connectivity index (χ4n) is 2.53. The van der Waals surface area contributed by atoms with Gasteiger partial charge in [-0.05, 0) is 6.42 Å². The van der Waals surface area contributed by atoms with Crippen molar-refractivity contribution in [1.29, 1.82) is 0 Å². The van der Waals surface area contributed by atoms with Crippen LogP contribution in [0.2, 0.25) is 0 Å². The summed E-state index contributed by atoms with van der Waals surface area (Å²) in [4.78, 5) is 15.0. The third-order valence-electron chi connectivity index (χ3n) is 3.70. The van der Waals surface area contributed by atoms with Gasteiger partial charge in [-0.15, -0.1) is 35.1 Å². The number of halogens is 1. The topological polar surface area (TPSA) is 58.3 Å². The number of hydrogen-bond donors (Lipinski definition) is 1. The van der Waals surface area contributed by atoms with Crippen LogP contribution in [0.3, 0.4) is 0 Å². The minimum atomic E-state index is 0. The molecule has 22 heavy (non-hydrogen) atoms. The Balaban J connectivity index is 0.00000176. The SMILES string of the molecule is CCc1nc(CN2CCN(Cc3cnc(N)s3)CC2)cs1.Cl. The quantitative estimate of drug-likeness (QED) is 0.888. The molecule has 2 aromatic heterocycles. The van der Waals surface area contributed by atoms with Gasteiger partial charge >= 0.3 is 0 Å². The van der Waals surface area contributed by atoms with E-state index < -0.39 is 0 Å². The van der Waals surface area contributed by atoms with Crippen molar-refractivity contribution in [3.8, 4) is 0 Å². The van der Waals surface area contributed by atoms with Crippen LogP contribution < -0.4 is 5.73 Å². The number of hydrogen-bond acceptors (Lipinski definition) is 7. The van der Waals surface area contributed by atoms with Crippen LogP contribution in [0.4, 0.5) is 5.13 Å². The zero-order chi connectivity index (χ0) is 14.7. The second-order valence-corrected chi connectivity index (χ2v) is 7.39. The van der Waals surface area contributed by atoms with E-state index in [1.807, 2.05) is 6.20 Å². The van der Waals surface area contributed by atoms with Crippen molar-refractivity contribution < 1.29 is 0 Å². The Labute approximate surface area is 145 Å². The van der Waals surface area contributed by atoms with Crippen LogP contribution in [0.1, 0.15) is 22.5 Å². The molecule has 0 atom stereocenters. The Morgan fingerprint density at radius 3 is 2.41 bits per heavy atom. The standard InChI is InChI=1S/C14H21N5S2.ClH/c1-2-13-17-11(10-20-13)8-18-3-5-19(6-4-18)9-12-7-16-14(15)21-12;/h7,10H,2-6,8-9H2,1H3,(H2,15,16);1H. The van der Waals surface area contributed by atoms with Gasteiger partial charge in [-0.3, -0.25) is 9.80 Å². The van der Waals surface area contributed by atoms with Crippen molar-refractivity contribution in [3.63, 3.8) is 0 Å². The Kier molecular flexibility index (Phi) is 6.58. The zero-order valence-electron chi connectivity index (χ0n) is 12.7. The summed E-state index contributed by atoms with van der Waals surface area (Å²) < 4.78 is 0. The van der Waals surface area contributed by atoms with Gasteiger partial charge in [0.25, 0.3) is 0 Å². The third-order valence-corrected chi connectivity index (χ3v) is 5.56. The predicted molar refractivity (Wildman–Crippen MR) is 95.8 cm³/mol. The number of thiazole rings is 2. The number of rotatable bonds is 5. The van der Waals surface area contributed by atoms with Gasteiger partial charge in [0.2, 0.25) is 0 Å². The van der Waals surface area contributed by atoms with E-state index in [1.54, 1.807) is 22.7 Å². The first-order valence-electron chi connectivity index (χ1n) is 7.31. The third kappa shape index (κ3) is 4.63. The molecule has 122 valence electrons. The number of nitrogens with two attached hydrogens (primary N) is 1. The molecule has 1 fully saturated rings. The van der Waals surface area contributed by atoms with E-state index in [0.717, 1.165) is 45.7 Å². The lowest BCUT2D eigenvalue weighted by Gasteiger charge is -2.33. The summed E-state index contributed by atoms with van der Waals surface area (Å²) in [5.74, 6) is 0. The summed E-state index contributed by atoms with van der Waals surface area (Å²) in [6, 6.07) is 0. The van der Waals surface area contributed by atoms with Gasteiger partial charge < -0.3 is 5.73 Å². The highest BCUT2D eigenvalue weighted by atomic mass is 35.5. The fourth-order valence-corrected chi connectivity index (χ4v) is 4.00. The van der Waals surface area contributed by atoms with Gasteiger partial charge in [-0.25, -0.2) is 9.97 Å². The fraction of sp³-hybridized carbons (Fsp3) is 0.571. The van der Waals surface area contributed by atoms with E-state index in [4.69, 9.17) is 5.73 Å². The molecule has 3 heterocycles. The molecule has 1 aliphatic heterocycles. The molecule has 0 aromatic carbocycles. The molecule has 0 spiro atoms. The average molecular weight is 360 g/mol. The van der Waals surface area contributed by atoms with E-state index in [0.29, 0.717) is 5.13 Å². The van der Waals surface area contributed by atoms with Crippen LogP contribution in [0.15, 0.2) is 11.6 Å². The van der Waals surface area contributed by atoms with E-state index in [2.05, 4.69) is 32.1 Å². The molecule has 1 saturated heterocycles. The van der Waals surface area contributed by atoms with Crippen molar-refractivity contribution >= 4 is 40.2 Å². The smallest absolute Gasteiger partial charge is 0.180 e. The minimum absolute atomic E-state index is 0. The predicted octanol–water partition coefficient (Wildman–Crippen LogP) is 2.48. The number of nitrogen functional groups attached to an aromatic ring is 1. The summed E-state index contributed by atoms with van der Waals surface area (Å²) >= 11 is 3.37. The molecule has 1 aliphatic rings. The lowest BCUT2D eigenvalue weighted by atomic mass is 10.3. The van der Waals surface area contributed by atoms with Crippen LogP contribution >= 0.6 is 35.1 Å². The molecule has 0 unspecified atom stereocenters. The molecule has 2 N–H and O–H groups in total. The van der Waals surface area contributed by atoms with Gasteiger partial charge in [-0.1, -0.05) is 6.92 Å². The highest BCUT2D eigenvalue weighted by Crippen LogP contribution is 2.18. The van der Waals surface area contributed by atoms with Gasteiger partial charge in [0, 0.05) is 55.7 Å². The molecule has 0 radical (unpaired) electrons. The Morgan fingerprint density at radius 1 is 1.18 bits per heavy atom. The molecule has 0 amide bonds. The summed E-state index contributed by atoms with van der Waals surface area (Å²) in [5.41, 5.74) is 6.90. The van der Waals surface area contributed by atoms with Crippen LogP contribution in [0, 0.1) is 0 Å². The second-order valence-electron chi connectivity index (χ2n) is 5.30. The largest absolute Gasteiger partial charge is 0.375 e. The van der Waals surface area contributed by atoms with Crippen molar-refractivity contribution in [2.45, 2.75) is 26.4 Å². The van der Waals surface area contributed by atoms with Crippen molar-refractivity contribution in [1.82, 2.24) is 19.8 Å². The molecule has 0 aliphatic carbocycles. The molecule has 2 aromatic rings.